The van der Waals surface area contributed by atoms with Crippen molar-refractivity contribution >= 4 is 17.6 Å². The number of piperidine rings is 1. The Kier molecular flexibility index (Phi) is 8.39. The minimum absolute atomic E-state index is 0.0107. The number of amides is 2. The van der Waals surface area contributed by atoms with E-state index in [1.54, 1.807) is 0 Å². The summed E-state index contributed by atoms with van der Waals surface area (Å²) < 4.78 is 0. The smallest absolute Gasteiger partial charge is 0.223 e. The van der Waals surface area contributed by atoms with Crippen molar-refractivity contribution in [2.75, 3.05) is 13.1 Å². The first-order chi connectivity index (χ1) is 15.0. The van der Waals surface area contributed by atoms with E-state index in [1.807, 2.05) is 59.5 Å². The van der Waals surface area contributed by atoms with Crippen LogP contribution in [-0.2, 0) is 22.4 Å². The van der Waals surface area contributed by atoms with Gasteiger partial charge in [-0.1, -0.05) is 61.5 Å². The van der Waals surface area contributed by atoms with Crippen LogP contribution in [0.2, 0.25) is 0 Å². The summed E-state index contributed by atoms with van der Waals surface area (Å²) in [7, 11) is 0. The van der Waals surface area contributed by atoms with Crippen molar-refractivity contribution < 1.29 is 14.4 Å². The monoisotopic (exact) mass is 420 g/mol. The number of benzene rings is 2. The second kappa shape index (κ2) is 11.4. The van der Waals surface area contributed by atoms with Crippen LogP contribution < -0.4 is 5.32 Å². The van der Waals surface area contributed by atoms with Gasteiger partial charge in [-0.25, -0.2) is 0 Å². The summed E-state index contributed by atoms with van der Waals surface area (Å²) in [5.74, 6) is 0.0947. The number of Topliss-reactive ketones (excluding diaryl/α,β-unsaturated/α-hetero) is 1. The van der Waals surface area contributed by atoms with Crippen molar-refractivity contribution in [1.29, 1.82) is 0 Å². The van der Waals surface area contributed by atoms with E-state index in [9.17, 15) is 14.4 Å². The Hall–Kier alpha value is -2.95. The number of rotatable bonds is 9. The molecule has 1 aliphatic heterocycles. The van der Waals surface area contributed by atoms with E-state index in [2.05, 4.69) is 12.2 Å². The average molecular weight is 421 g/mol. The molecule has 2 aromatic carbocycles. The molecular formula is C26H32N2O3. The summed E-state index contributed by atoms with van der Waals surface area (Å²) in [4.78, 5) is 38.9. The number of nitrogens with one attached hydrogen (secondary N) is 1. The van der Waals surface area contributed by atoms with E-state index in [1.165, 1.54) is 5.56 Å². The van der Waals surface area contributed by atoms with Gasteiger partial charge >= 0.3 is 0 Å². The van der Waals surface area contributed by atoms with Crippen LogP contribution in [0, 0.1) is 0 Å². The second-order valence-electron chi connectivity index (χ2n) is 8.18. The number of ketones is 1. The number of hydrogen-bond acceptors (Lipinski definition) is 3. The van der Waals surface area contributed by atoms with E-state index in [4.69, 9.17) is 0 Å². The van der Waals surface area contributed by atoms with Crippen molar-refractivity contribution in [3.05, 3.63) is 71.3 Å². The Morgan fingerprint density at radius 3 is 2.19 bits per heavy atom. The third-order valence-corrected chi connectivity index (χ3v) is 5.95. The van der Waals surface area contributed by atoms with Crippen molar-refractivity contribution in [3.63, 3.8) is 0 Å². The Balaban J connectivity index is 1.35. The van der Waals surface area contributed by atoms with Gasteiger partial charge < -0.3 is 10.2 Å². The van der Waals surface area contributed by atoms with Crippen molar-refractivity contribution in [2.24, 2.45) is 0 Å². The number of likely N-dealkylation sites (tertiary alicyclic amines) is 1. The highest BCUT2D eigenvalue weighted by molar-refractivity contribution is 5.98. The van der Waals surface area contributed by atoms with Crippen LogP contribution in [0.5, 0.6) is 0 Å². The van der Waals surface area contributed by atoms with Gasteiger partial charge in [-0.15, -0.1) is 0 Å². The van der Waals surface area contributed by atoms with Crippen LogP contribution in [0.25, 0.3) is 0 Å². The van der Waals surface area contributed by atoms with Gasteiger partial charge in [0.05, 0.1) is 0 Å². The normalized spacial score (nSPS) is 14.3. The number of carbonyl (C=O) groups excluding carboxylic acids is 3. The molecule has 0 aliphatic carbocycles. The van der Waals surface area contributed by atoms with Gasteiger partial charge in [-0.3, -0.25) is 14.4 Å². The highest BCUT2D eigenvalue weighted by Crippen LogP contribution is 2.14. The third-order valence-electron chi connectivity index (χ3n) is 5.95. The number of nitrogens with zero attached hydrogens (tertiary/aromatic N) is 1. The number of carbonyl (C=O) groups is 3. The molecule has 5 nitrogen and oxygen atoms in total. The Bertz CT molecular complexity index is 869. The Morgan fingerprint density at radius 1 is 0.871 bits per heavy atom. The first-order valence-electron chi connectivity index (χ1n) is 11.3. The summed E-state index contributed by atoms with van der Waals surface area (Å²) in [5, 5.41) is 3.10. The molecule has 3 rings (SSSR count). The van der Waals surface area contributed by atoms with E-state index in [0.29, 0.717) is 25.1 Å². The molecule has 0 spiro atoms. The molecule has 164 valence electrons. The lowest BCUT2D eigenvalue weighted by molar-refractivity contribution is -0.132. The molecular weight excluding hydrogens is 388 g/mol. The maximum absolute atomic E-state index is 12.5. The first-order valence-corrected chi connectivity index (χ1v) is 11.3. The summed E-state index contributed by atoms with van der Waals surface area (Å²) in [5.41, 5.74) is 3.03. The molecule has 31 heavy (non-hydrogen) atoms. The summed E-state index contributed by atoms with van der Waals surface area (Å²) >= 11 is 0. The lowest BCUT2D eigenvalue weighted by Gasteiger charge is -2.32. The van der Waals surface area contributed by atoms with Gasteiger partial charge in [0.1, 0.15) is 0 Å². The maximum Gasteiger partial charge on any atom is 0.223 e. The Labute approximate surface area is 184 Å². The molecule has 0 bridgehead atoms. The van der Waals surface area contributed by atoms with Crippen LogP contribution in [0.15, 0.2) is 54.6 Å². The van der Waals surface area contributed by atoms with Crippen LogP contribution in [0.1, 0.15) is 60.5 Å². The van der Waals surface area contributed by atoms with E-state index >= 15 is 0 Å². The zero-order valence-corrected chi connectivity index (χ0v) is 18.3. The van der Waals surface area contributed by atoms with E-state index in [0.717, 1.165) is 31.2 Å². The largest absolute Gasteiger partial charge is 0.353 e. The first kappa shape index (κ1) is 22.7. The molecule has 1 N–H and O–H groups in total. The van der Waals surface area contributed by atoms with Gasteiger partial charge in [-0.05, 0) is 36.8 Å². The van der Waals surface area contributed by atoms with Gasteiger partial charge in [0.25, 0.3) is 0 Å². The van der Waals surface area contributed by atoms with Crippen molar-refractivity contribution in [3.8, 4) is 0 Å². The minimum atomic E-state index is 0.0107. The predicted octanol–water partition coefficient (Wildman–Crippen LogP) is 3.95. The third kappa shape index (κ3) is 7.06. The maximum atomic E-state index is 12.5. The summed E-state index contributed by atoms with van der Waals surface area (Å²) in [6, 6.07) is 17.7. The van der Waals surface area contributed by atoms with Crippen LogP contribution in [0.3, 0.4) is 0 Å². The molecule has 0 unspecified atom stereocenters. The van der Waals surface area contributed by atoms with Gasteiger partial charge in [0.15, 0.2) is 5.78 Å². The van der Waals surface area contributed by atoms with Crippen molar-refractivity contribution in [2.45, 2.75) is 57.9 Å². The number of hydrogen-bond donors (Lipinski definition) is 1. The lowest BCUT2D eigenvalue weighted by atomic mass is 10.0. The van der Waals surface area contributed by atoms with Crippen molar-refractivity contribution in [1.82, 2.24) is 10.2 Å². The SMILES string of the molecule is CCc1ccc(C(=O)CCC(=O)N2CCC(NC(=O)CCc3ccccc3)CC2)cc1. The highest BCUT2D eigenvalue weighted by atomic mass is 16.2. The zero-order valence-electron chi connectivity index (χ0n) is 18.3. The Morgan fingerprint density at radius 2 is 1.55 bits per heavy atom. The molecule has 1 saturated heterocycles. The molecule has 5 heteroatoms. The molecule has 0 atom stereocenters. The average Bonchev–Trinajstić information content (AvgIpc) is 2.82. The van der Waals surface area contributed by atoms with E-state index < -0.39 is 0 Å². The molecule has 0 aromatic heterocycles. The standard InChI is InChI=1S/C26H32N2O3/c1-2-20-8-11-22(12-9-20)24(29)13-15-26(31)28-18-16-23(17-19-28)27-25(30)14-10-21-6-4-3-5-7-21/h3-9,11-12,23H,2,10,13-19H2,1H3,(H,27,30). The van der Waals surface area contributed by atoms with Gasteiger partial charge in [0, 0.05) is 44.0 Å². The predicted molar refractivity (Wildman–Crippen MR) is 122 cm³/mol. The summed E-state index contributed by atoms with van der Waals surface area (Å²) in [6.07, 6.45) is 4.15. The molecule has 2 aromatic rings. The summed E-state index contributed by atoms with van der Waals surface area (Å²) in [6.45, 7) is 3.33. The quantitative estimate of drug-likeness (QED) is 0.625. The molecule has 1 fully saturated rings. The van der Waals surface area contributed by atoms with E-state index in [-0.39, 0.29) is 36.5 Å². The van der Waals surface area contributed by atoms with Gasteiger partial charge in [-0.2, -0.15) is 0 Å². The fourth-order valence-corrected chi connectivity index (χ4v) is 3.92. The molecule has 0 saturated carbocycles. The lowest BCUT2D eigenvalue weighted by Crippen LogP contribution is -2.46. The minimum Gasteiger partial charge on any atom is -0.353 e. The highest BCUT2D eigenvalue weighted by Gasteiger charge is 2.24. The molecule has 1 heterocycles. The topological polar surface area (TPSA) is 66.5 Å². The van der Waals surface area contributed by atoms with Crippen LogP contribution in [0.4, 0.5) is 0 Å². The van der Waals surface area contributed by atoms with Gasteiger partial charge in [0.2, 0.25) is 11.8 Å². The second-order valence-corrected chi connectivity index (χ2v) is 8.18. The molecule has 2 amide bonds. The van der Waals surface area contributed by atoms with Crippen LogP contribution >= 0.6 is 0 Å². The number of aryl methyl sites for hydroxylation is 2. The van der Waals surface area contributed by atoms with Crippen LogP contribution in [-0.4, -0.2) is 41.6 Å². The zero-order chi connectivity index (χ0) is 22.1. The fourth-order valence-electron chi connectivity index (χ4n) is 3.92. The fraction of sp³-hybridized carbons (Fsp3) is 0.423. The molecule has 0 radical (unpaired) electrons. The molecule has 1 aliphatic rings.